The van der Waals surface area contributed by atoms with Gasteiger partial charge in [0, 0.05) is 13.7 Å². The van der Waals surface area contributed by atoms with E-state index in [0.29, 0.717) is 13.0 Å². The second kappa shape index (κ2) is 4.06. The minimum absolute atomic E-state index is 0.263. The molecule has 5 nitrogen and oxygen atoms in total. The van der Waals surface area contributed by atoms with Crippen molar-refractivity contribution in [3.05, 3.63) is 0 Å². The van der Waals surface area contributed by atoms with Crippen molar-refractivity contribution in [1.82, 2.24) is 0 Å². The second-order valence-corrected chi connectivity index (χ2v) is 2.38. The van der Waals surface area contributed by atoms with E-state index in [9.17, 15) is 9.59 Å². The predicted molar refractivity (Wildman–Crippen MR) is 37.0 cm³/mol. The van der Waals surface area contributed by atoms with Crippen LogP contribution in [-0.2, 0) is 23.8 Å². The van der Waals surface area contributed by atoms with Crippen LogP contribution in [0.5, 0.6) is 0 Å². The van der Waals surface area contributed by atoms with Gasteiger partial charge in [0.1, 0.15) is 0 Å². The van der Waals surface area contributed by atoms with E-state index in [4.69, 9.17) is 4.74 Å². The molecular weight excluding hydrogens is 164 g/mol. The molecule has 0 radical (unpaired) electrons. The summed E-state index contributed by atoms with van der Waals surface area (Å²) in [5.74, 6) is -1.86. The van der Waals surface area contributed by atoms with Crippen LogP contribution in [0.4, 0.5) is 0 Å². The Kier molecular flexibility index (Phi) is 3.04. The smallest absolute Gasteiger partial charge is 0.323 e. The van der Waals surface area contributed by atoms with Crippen molar-refractivity contribution in [3.63, 3.8) is 0 Å². The highest BCUT2D eigenvalue weighted by molar-refractivity contribution is 5.95. The van der Waals surface area contributed by atoms with Crippen molar-refractivity contribution in [1.29, 1.82) is 0 Å². The van der Waals surface area contributed by atoms with E-state index in [1.165, 1.54) is 7.11 Å². The molecule has 68 valence electrons. The van der Waals surface area contributed by atoms with Gasteiger partial charge in [0.05, 0.1) is 0 Å². The van der Waals surface area contributed by atoms with E-state index in [1.54, 1.807) is 0 Å². The van der Waals surface area contributed by atoms with Crippen molar-refractivity contribution in [2.75, 3.05) is 20.5 Å². The molecule has 0 unspecified atom stereocenters. The van der Waals surface area contributed by atoms with Gasteiger partial charge in [-0.05, 0) is 6.42 Å². The average Bonchev–Trinajstić information content (AvgIpc) is 2.04. The molecule has 1 heterocycles. The van der Waals surface area contributed by atoms with Gasteiger partial charge in [0.15, 0.2) is 5.92 Å². The molecule has 1 saturated heterocycles. The molecule has 0 aromatic carbocycles. The number of hydrogen-bond acceptors (Lipinski definition) is 5. The fourth-order valence-corrected chi connectivity index (χ4v) is 0.914. The first kappa shape index (κ1) is 8.99. The minimum atomic E-state index is -0.807. The molecular formula is C7H10O5. The second-order valence-electron chi connectivity index (χ2n) is 2.38. The number of cyclic esters (lactones) is 2. The van der Waals surface area contributed by atoms with Gasteiger partial charge in [-0.3, -0.25) is 9.59 Å². The summed E-state index contributed by atoms with van der Waals surface area (Å²) < 4.78 is 13.8. The third-order valence-corrected chi connectivity index (χ3v) is 1.58. The molecule has 1 aliphatic rings. The summed E-state index contributed by atoms with van der Waals surface area (Å²) in [6.07, 6.45) is 0.314. The van der Waals surface area contributed by atoms with Crippen molar-refractivity contribution in [2.45, 2.75) is 6.42 Å². The molecule has 1 aliphatic heterocycles. The highest BCUT2D eigenvalue weighted by Gasteiger charge is 2.33. The Bertz CT molecular complexity index is 172. The minimum Gasteiger partial charge on any atom is -0.427 e. The lowest BCUT2D eigenvalue weighted by Gasteiger charge is -2.19. The monoisotopic (exact) mass is 174 g/mol. The van der Waals surface area contributed by atoms with E-state index in [2.05, 4.69) is 9.47 Å². The maximum absolute atomic E-state index is 10.9. The largest absolute Gasteiger partial charge is 0.427 e. The first-order valence-electron chi connectivity index (χ1n) is 3.58. The summed E-state index contributed by atoms with van der Waals surface area (Å²) in [5, 5.41) is 0. The van der Waals surface area contributed by atoms with E-state index >= 15 is 0 Å². The fraction of sp³-hybridized carbons (Fsp3) is 0.714. The van der Waals surface area contributed by atoms with Crippen LogP contribution in [0, 0.1) is 5.92 Å². The third kappa shape index (κ3) is 1.94. The Hall–Kier alpha value is -1.10. The normalized spacial score (nSPS) is 18.8. The standard InChI is InChI=1S/C7H10O5/c1-10-3-2-5-6(8)11-4-12-7(5)9/h5H,2-4H2,1H3. The van der Waals surface area contributed by atoms with Crippen LogP contribution < -0.4 is 0 Å². The van der Waals surface area contributed by atoms with E-state index in [1.807, 2.05) is 0 Å². The van der Waals surface area contributed by atoms with E-state index in [-0.39, 0.29) is 6.79 Å². The summed E-state index contributed by atoms with van der Waals surface area (Å²) >= 11 is 0. The lowest BCUT2D eigenvalue weighted by Crippen LogP contribution is -2.35. The van der Waals surface area contributed by atoms with Gasteiger partial charge < -0.3 is 14.2 Å². The molecule has 1 rings (SSSR count). The molecule has 0 spiro atoms. The Balaban J connectivity index is 2.45. The molecule has 0 bridgehead atoms. The van der Waals surface area contributed by atoms with Gasteiger partial charge in [-0.1, -0.05) is 0 Å². The quantitative estimate of drug-likeness (QED) is 0.434. The SMILES string of the molecule is COCCC1C(=O)OCOC1=O. The molecule has 0 amide bonds. The Morgan fingerprint density at radius 3 is 2.50 bits per heavy atom. The van der Waals surface area contributed by atoms with E-state index < -0.39 is 17.9 Å². The third-order valence-electron chi connectivity index (χ3n) is 1.58. The topological polar surface area (TPSA) is 61.8 Å². The summed E-state index contributed by atoms with van der Waals surface area (Å²) in [6.45, 7) is 0.0794. The maximum atomic E-state index is 10.9. The molecule has 0 aromatic rings. The van der Waals surface area contributed by atoms with Crippen molar-refractivity contribution >= 4 is 11.9 Å². The first-order chi connectivity index (χ1) is 5.75. The summed E-state index contributed by atoms with van der Waals surface area (Å²) in [6, 6.07) is 0. The van der Waals surface area contributed by atoms with Crippen molar-refractivity contribution in [3.8, 4) is 0 Å². The summed E-state index contributed by atoms with van der Waals surface area (Å²) in [7, 11) is 1.50. The van der Waals surface area contributed by atoms with Crippen molar-refractivity contribution in [2.24, 2.45) is 5.92 Å². The zero-order chi connectivity index (χ0) is 8.97. The van der Waals surface area contributed by atoms with Crippen LogP contribution >= 0.6 is 0 Å². The lowest BCUT2D eigenvalue weighted by molar-refractivity contribution is -0.190. The maximum Gasteiger partial charge on any atom is 0.323 e. The number of carbonyl (C=O) groups excluding carboxylic acids is 2. The number of rotatable bonds is 3. The Labute approximate surface area is 69.6 Å². The van der Waals surface area contributed by atoms with Crippen LogP contribution in [0.3, 0.4) is 0 Å². The Morgan fingerprint density at radius 2 is 2.00 bits per heavy atom. The molecule has 0 aromatic heterocycles. The van der Waals surface area contributed by atoms with Crippen LogP contribution in [0.25, 0.3) is 0 Å². The molecule has 1 fully saturated rings. The number of methoxy groups -OCH3 is 1. The predicted octanol–water partition coefficient (Wildman–Crippen LogP) is -0.303. The Morgan fingerprint density at radius 1 is 1.42 bits per heavy atom. The van der Waals surface area contributed by atoms with E-state index in [0.717, 1.165) is 0 Å². The lowest BCUT2D eigenvalue weighted by atomic mass is 10.1. The summed E-state index contributed by atoms with van der Waals surface area (Å²) in [5.41, 5.74) is 0. The number of carbonyl (C=O) groups is 2. The number of esters is 2. The highest BCUT2D eigenvalue weighted by Crippen LogP contribution is 2.12. The van der Waals surface area contributed by atoms with Crippen LogP contribution in [0.1, 0.15) is 6.42 Å². The molecule has 5 heteroatoms. The molecule has 0 aliphatic carbocycles. The summed E-state index contributed by atoms with van der Waals surface area (Å²) in [4.78, 5) is 21.9. The van der Waals surface area contributed by atoms with Gasteiger partial charge in [-0.2, -0.15) is 0 Å². The van der Waals surface area contributed by atoms with Gasteiger partial charge >= 0.3 is 11.9 Å². The number of hydrogen-bond donors (Lipinski definition) is 0. The van der Waals surface area contributed by atoms with Gasteiger partial charge in [0.2, 0.25) is 6.79 Å². The highest BCUT2D eigenvalue weighted by atomic mass is 16.7. The fourth-order valence-electron chi connectivity index (χ4n) is 0.914. The number of ether oxygens (including phenoxy) is 3. The molecule has 12 heavy (non-hydrogen) atoms. The molecule has 0 saturated carbocycles. The van der Waals surface area contributed by atoms with Crippen LogP contribution in [-0.4, -0.2) is 32.4 Å². The van der Waals surface area contributed by atoms with Gasteiger partial charge in [0.25, 0.3) is 0 Å². The molecule has 0 atom stereocenters. The zero-order valence-corrected chi connectivity index (χ0v) is 6.74. The first-order valence-corrected chi connectivity index (χ1v) is 3.58. The van der Waals surface area contributed by atoms with Gasteiger partial charge in [-0.15, -0.1) is 0 Å². The molecule has 0 N–H and O–H groups in total. The zero-order valence-electron chi connectivity index (χ0n) is 6.74. The van der Waals surface area contributed by atoms with Crippen LogP contribution in [0.2, 0.25) is 0 Å². The van der Waals surface area contributed by atoms with Crippen LogP contribution in [0.15, 0.2) is 0 Å². The van der Waals surface area contributed by atoms with Crippen molar-refractivity contribution < 1.29 is 23.8 Å². The van der Waals surface area contributed by atoms with Gasteiger partial charge in [-0.25, -0.2) is 0 Å². The average molecular weight is 174 g/mol.